The summed E-state index contributed by atoms with van der Waals surface area (Å²) < 4.78 is 11.1. The molecule has 1 aromatic carbocycles. The molecule has 1 aromatic rings. The van der Waals surface area contributed by atoms with Crippen LogP contribution < -0.4 is 10.5 Å². The second kappa shape index (κ2) is 7.65. The van der Waals surface area contributed by atoms with Crippen LogP contribution in [0.4, 0.5) is 0 Å². The Morgan fingerprint density at radius 1 is 1.17 bits per heavy atom. The van der Waals surface area contributed by atoms with E-state index < -0.39 is 0 Å². The minimum atomic E-state index is 0.171. The van der Waals surface area contributed by atoms with Crippen LogP contribution in [0.5, 0.6) is 5.75 Å². The number of ether oxygens (including phenoxy) is 2. The summed E-state index contributed by atoms with van der Waals surface area (Å²) in [5.74, 6) is 0.989. The average molecular weight is 318 g/mol. The van der Waals surface area contributed by atoms with Gasteiger partial charge in [0.25, 0.3) is 0 Å². The maximum atomic E-state index is 6.22. The second-order valence-corrected chi connectivity index (χ2v) is 6.96. The highest BCUT2D eigenvalue weighted by Gasteiger charge is 2.33. The van der Waals surface area contributed by atoms with Crippen molar-refractivity contribution in [2.45, 2.75) is 44.1 Å². The molecule has 1 aliphatic heterocycles. The molecule has 1 saturated heterocycles. The Hall–Kier alpha value is -1.10. The Balaban J connectivity index is 1.85. The normalized spacial score (nSPS) is 22.0. The predicted molar refractivity (Wildman–Crippen MR) is 92.9 cm³/mol. The van der Waals surface area contributed by atoms with Gasteiger partial charge in [-0.3, -0.25) is 4.90 Å². The fourth-order valence-corrected chi connectivity index (χ4v) is 4.07. The van der Waals surface area contributed by atoms with Gasteiger partial charge in [-0.25, -0.2) is 0 Å². The third kappa shape index (κ3) is 3.70. The van der Waals surface area contributed by atoms with Crippen LogP contribution in [-0.4, -0.2) is 44.9 Å². The third-order valence-electron chi connectivity index (χ3n) is 5.59. The van der Waals surface area contributed by atoms with Crippen molar-refractivity contribution < 1.29 is 9.47 Å². The quantitative estimate of drug-likeness (QED) is 0.907. The SMILES string of the molecule is COc1ccc(C2(CN)CCCCC2)cc1CN1CCOCC1. The molecule has 0 aromatic heterocycles. The molecular weight excluding hydrogens is 288 g/mol. The molecule has 0 atom stereocenters. The smallest absolute Gasteiger partial charge is 0.123 e. The lowest BCUT2D eigenvalue weighted by Gasteiger charge is -2.37. The van der Waals surface area contributed by atoms with E-state index in [0.717, 1.165) is 45.1 Å². The Labute approximate surface area is 139 Å². The number of nitrogens with zero attached hydrogens (tertiary/aromatic N) is 1. The minimum Gasteiger partial charge on any atom is -0.496 e. The van der Waals surface area contributed by atoms with Crippen molar-refractivity contribution >= 4 is 0 Å². The molecular formula is C19H30N2O2. The van der Waals surface area contributed by atoms with Gasteiger partial charge in [-0.05, 0) is 24.5 Å². The first-order chi connectivity index (χ1) is 11.3. The maximum Gasteiger partial charge on any atom is 0.123 e. The molecule has 0 unspecified atom stereocenters. The second-order valence-electron chi connectivity index (χ2n) is 6.96. The van der Waals surface area contributed by atoms with Gasteiger partial charge in [-0.1, -0.05) is 31.4 Å². The molecule has 2 aliphatic rings. The standard InChI is InChI=1S/C19H30N2O2/c1-22-18-6-5-17(19(15-20)7-3-2-4-8-19)13-16(18)14-21-9-11-23-12-10-21/h5-6,13H,2-4,7-12,14-15,20H2,1H3. The first kappa shape index (κ1) is 16.7. The van der Waals surface area contributed by atoms with Crippen LogP contribution >= 0.6 is 0 Å². The highest BCUT2D eigenvalue weighted by molar-refractivity contribution is 5.41. The van der Waals surface area contributed by atoms with Gasteiger partial charge in [-0.2, -0.15) is 0 Å². The van der Waals surface area contributed by atoms with Gasteiger partial charge < -0.3 is 15.2 Å². The fraction of sp³-hybridized carbons (Fsp3) is 0.684. The van der Waals surface area contributed by atoms with Crippen molar-refractivity contribution in [1.29, 1.82) is 0 Å². The van der Waals surface area contributed by atoms with E-state index in [-0.39, 0.29) is 5.41 Å². The average Bonchev–Trinajstić information content (AvgIpc) is 2.63. The van der Waals surface area contributed by atoms with E-state index in [1.54, 1.807) is 7.11 Å². The van der Waals surface area contributed by atoms with Crippen LogP contribution in [-0.2, 0) is 16.7 Å². The van der Waals surface area contributed by atoms with Gasteiger partial charge in [0.1, 0.15) is 5.75 Å². The molecule has 128 valence electrons. The number of benzene rings is 1. The van der Waals surface area contributed by atoms with Gasteiger partial charge in [0, 0.05) is 37.2 Å². The molecule has 1 saturated carbocycles. The fourth-order valence-electron chi connectivity index (χ4n) is 4.07. The molecule has 1 heterocycles. The third-order valence-corrected chi connectivity index (χ3v) is 5.59. The lowest BCUT2D eigenvalue weighted by Crippen LogP contribution is -2.38. The summed E-state index contributed by atoms with van der Waals surface area (Å²) in [6.45, 7) is 5.33. The first-order valence-electron chi connectivity index (χ1n) is 8.95. The van der Waals surface area contributed by atoms with Gasteiger partial charge >= 0.3 is 0 Å². The topological polar surface area (TPSA) is 47.7 Å². The summed E-state index contributed by atoms with van der Waals surface area (Å²) in [5.41, 5.74) is 9.08. The van der Waals surface area contributed by atoms with Gasteiger partial charge in [0.2, 0.25) is 0 Å². The summed E-state index contributed by atoms with van der Waals surface area (Å²) in [6, 6.07) is 6.73. The molecule has 3 rings (SSSR count). The van der Waals surface area contributed by atoms with Crippen molar-refractivity contribution in [2.75, 3.05) is 40.0 Å². The summed E-state index contributed by atoms with van der Waals surface area (Å²) in [7, 11) is 1.76. The number of hydrogen-bond donors (Lipinski definition) is 1. The molecule has 0 radical (unpaired) electrons. The van der Waals surface area contributed by atoms with Gasteiger partial charge in [0.05, 0.1) is 20.3 Å². The highest BCUT2D eigenvalue weighted by Crippen LogP contribution is 2.40. The Morgan fingerprint density at radius 3 is 2.57 bits per heavy atom. The molecule has 2 fully saturated rings. The molecule has 4 heteroatoms. The van der Waals surface area contributed by atoms with Gasteiger partial charge in [-0.15, -0.1) is 0 Å². The van der Waals surface area contributed by atoms with Crippen LogP contribution in [0.3, 0.4) is 0 Å². The zero-order valence-corrected chi connectivity index (χ0v) is 14.4. The highest BCUT2D eigenvalue weighted by atomic mass is 16.5. The Bertz CT molecular complexity index is 506. The lowest BCUT2D eigenvalue weighted by atomic mass is 9.69. The summed E-state index contributed by atoms with van der Waals surface area (Å²) in [5, 5.41) is 0. The molecule has 0 bridgehead atoms. The van der Waals surface area contributed by atoms with Crippen LogP contribution in [0, 0.1) is 0 Å². The summed E-state index contributed by atoms with van der Waals surface area (Å²) in [4.78, 5) is 2.45. The van der Waals surface area contributed by atoms with E-state index in [1.165, 1.54) is 43.2 Å². The van der Waals surface area contributed by atoms with Gasteiger partial charge in [0.15, 0.2) is 0 Å². The van der Waals surface area contributed by atoms with E-state index in [9.17, 15) is 0 Å². The number of morpholine rings is 1. The molecule has 0 amide bonds. The Kier molecular flexibility index (Phi) is 5.57. The van der Waals surface area contributed by atoms with Crippen LogP contribution in [0.1, 0.15) is 43.2 Å². The van der Waals surface area contributed by atoms with Crippen LogP contribution in [0.15, 0.2) is 18.2 Å². The summed E-state index contributed by atoms with van der Waals surface area (Å²) >= 11 is 0. The number of nitrogens with two attached hydrogens (primary N) is 1. The monoisotopic (exact) mass is 318 g/mol. The summed E-state index contributed by atoms with van der Waals surface area (Å²) in [6.07, 6.45) is 6.36. The number of rotatable bonds is 5. The predicted octanol–water partition coefficient (Wildman–Crippen LogP) is 2.69. The zero-order valence-electron chi connectivity index (χ0n) is 14.4. The van der Waals surface area contributed by atoms with Crippen molar-refractivity contribution in [3.8, 4) is 5.75 Å². The largest absolute Gasteiger partial charge is 0.496 e. The van der Waals surface area contributed by atoms with E-state index in [0.29, 0.717) is 0 Å². The van der Waals surface area contributed by atoms with Crippen molar-refractivity contribution in [3.63, 3.8) is 0 Å². The van der Waals surface area contributed by atoms with Crippen LogP contribution in [0.2, 0.25) is 0 Å². The van der Waals surface area contributed by atoms with Crippen LogP contribution in [0.25, 0.3) is 0 Å². The number of methoxy groups -OCH3 is 1. The van der Waals surface area contributed by atoms with Crippen molar-refractivity contribution in [2.24, 2.45) is 5.73 Å². The Morgan fingerprint density at radius 2 is 1.91 bits per heavy atom. The molecule has 23 heavy (non-hydrogen) atoms. The molecule has 2 N–H and O–H groups in total. The molecule has 0 spiro atoms. The van der Waals surface area contributed by atoms with E-state index >= 15 is 0 Å². The first-order valence-corrected chi connectivity index (χ1v) is 8.95. The molecule has 1 aliphatic carbocycles. The van der Waals surface area contributed by atoms with E-state index in [1.807, 2.05) is 0 Å². The van der Waals surface area contributed by atoms with E-state index in [2.05, 4.69) is 23.1 Å². The zero-order chi connectivity index (χ0) is 16.1. The molecule has 4 nitrogen and oxygen atoms in total. The minimum absolute atomic E-state index is 0.171. The lowest BCUT2D eigenvalue weighted by molar-refractivity contribution is 0.0338. The number of hydrogen-bond acceptors (Lipinski definition) is 4. The van der Waals surface area contributed by atoms with Crippen molar-refractivity contribution in [1.82, 2.24) is 4.90 Å². The van der Waals surface area contributed by atoms with E-state index in [4.69, 9.17) is 15.2 Å². The van der Waals surface area contributed by atoms with Crippen molar-refractivity contribution in [3.05, 3.63) is 29.3 Å². The maximum absolute atomic E-state index is 6.22.